The molecule has 4 heterocycles. The molecule has 1 atom stereocenters. The van der Waals surface area contributed by atoms with Crippen molar-refractivity contribution in [3.05, 3.63) is 118 Å². The normalized spacial score (nSPS) is 14.6. The minimum Gasteiger partial charge on any atom is -0.381 e. The molecule has 1 amide bonds. The van der Waals surface area contributed by atoms with Gasteiger partial charge in [-0.3, -0.25) is 4.79 Å². The molecule has 234 valence electrons. The Morgan fingerprint density at radius 1 is 0.957 bits per heavy atom. The minimum absolute atomic E-state index is 0.0800. The van der Waals surface area contributed by atoms with Crippen LogP contribution < -0.4 is 5.32 Å². The number of aromatic nitrogens is 6. The van der Waals surface area contributed by atoms with Crippen molar-refractivity contribution in [1.29, 1.82) is 0 Å². The van der Waals surface area contributed by atoms with Crippen LogP contribution in [0.3, 0.4) is 0 Å². The zero-order valence-electron chi connectivity index (χ0n) is 26.4. The number of carbonyl (C=O) groups excluding carboxylic acids is 1. The molecule has 3 aromatic carbocycles. The number of ether oxygens (including phenoxy) is 1. The molecule has 0 spiro atoms. The molecular formula is C37H39N7O2. The van der Waals surface area contributed by atoms with Gasteiger partial charge < -0.3 is 14.6 Å². The van der Waals surface area contributed by atoms with E-state index in [0.29, 0.717) is 26.3 Å². The zero-order chi connectivity index (χ0) is 31.5. The van der Waals surface area contributed by atoms with Gasteiger partial charge in [-0.1, -0.05) is 72.8 Å². The molecule has 1 aliphatic heterocycles. The summed E-state index contributed by atoms with van der Waals surface area (Å²) in [5, 5.41) is 20.0. The van der Waals surface area contributed by atoms with Crippen molar-refractivity contribution in [3.63, 3.8) is 0 Å². The van der Waals surface area contributed by atoms with Crippen molar-refractivity contribution < 1.29 is 9.53 Å². The average molecular weight is 614 g/mol. The number of pyridine rings is 1. The lowest BCUT2D eigenvalue weighted by Gasteiger charge is -2.30. The van der Waals surface area contributed by atoms with E-state index in [1.807, 2.05) is 30.3 Å². The van der Waals surface area contributed by atoms with E-state index in [4.69, 9.17) is 9.72 Å². The number of aryl methyl sites for hydroxylation is 3. The molecule has 0 saturated carbocycles. The lowest BCUT2D eigenvalue weighted by atomic mass is 9.80. The molecule has 7 rings (SSSR count). The van der Waals surface area contributed by atoms with Crippen molar-refractivity contribution in [2.45, 2.75) is 58.5 Å². The number of para-hydroxylation sites is 1. The van der Waals surface area contributed by atoms with Crippen LogP contribution in [-0.2, 0) is 35.5 Å². The Bertz CT molecular complexity index is 1940. The molecule has 9 nitrogen and oxygen atoms in total. The van der Waals surface area contributed by atoms with Gasteiger partial charge >= 0.3 is 0 Å². The molecule has 3 aromatic heterocycles. The van der Waals surface area contributed by atoms with Crippen LogP contribution in [0, 0.1) is 19.8 Å². The van der Waals surface area contributed by atoms with Gasteiger partial charge in [0, 0.05) is 49.2 Å². The van der Waals surface area contributed by atoms with Crippen molar-refractivity contribution in [2.75, 3.05) is 13.2 Å². The molecule has 1 aliphatic rings. The van der Waals surface area contributed by atoms with E-state index in [0.717, 1.165) is 59.5 Å². The summed E-state index contributed by atoms with van der Waals surface area (Å²) >= 11 is 0. The van der Waals surface area contributed by atoms with Gasteiger partial charge in [0.2, 0.25) is 5.91 Å². The van der Waals surface area contributed by atoms with Crippen molar-refractivity contribution in [3.8, 4) is 0 Å². The van der Waals surface area contributed by atoms with Crippen LogP contribution in [0.25, 0.3) is 21.9 Å². The zero-order valence-corrected chi connectivity index (χ0v) is 26.4. The average Bonchev–Trinajstić information content (AvgIpc) is 3.72. The maximum atomic E-state index is 13.7. The van der Waals surface area contributed by atoms with Crippen LogP contribution >= 0.6 is 0 Å². The van der Waals surface area contributed by atoms with E-state index in [1.54, 1.807) is 0 Å². The molecule has 0 aliphatic carbocycles. The second-order valence-electron chi connectivity index (χ2n) is 12.3. The Balaban J connectivity index is 1.18. The number of nitrogens with zero attached hydrogens (tertiary/aromatic N) is 5. The van der Waals surface area contributed by atoms with Crippen LogP contribution in [0.1, 0.15) is 58.1 Å². The molecule has 9 heteroatoms. The number of nitrogens with one attached hydrogen (secondary N) is 2. The second-order valence-corrected chi connectivity index (χ2v) is 12.3. The summed E-state index contributed by atoms with van der Waals surface area (Å²) in [4.78, 5) is 18.9. The van der Waals surface area contributed by atoms with Crippen LogP contribution in [0.2, 0.25) is 0 Å². The molecule has 1 saturated heterocycles. The van der Waals surface area contributed by atoms with E-state index in [-0.39, 0.29) is 17.7 Å². The molecular weight excluding hydrogens is 574 g/mol. The van der Waals surface area contributed by atoms with Crippen molar-refractivity contribution in [1.82, 2.24) is 35.5 Å². The predicted molar refractivity (Wildman–Crippen MR) is 178 cm³/mol. The Morgan fingerprint density at radius 2 is 1.72 bits per heavy atom. The fourth-order valence-corrected chi connectivity index (χ4v) is 7.08. The summed E-state index contributed by atoms with van der Waals surface area (Å²) in [6.07, 6.45) is 3.31. The fourth-order valence-electron chi connectivity index (χ4n) is 7.08. The number of benzene rings is 3. The summed E-state index contributed by atoms with van der Waals surface area (Å²) in [6.45, 7) is 6.90. The first-order valence-electron chi connectivity index (χ1n) is 16.1. The van der Waals surface area contributed by atoms with Crippen molar-refractivity contribution >= 4 is 27.8 Å². The largest absolute Gasteiger partial charge is 0.381 e. The number of amides is 1. The highest BCUT2D eigenvalue weighted by atomic mass is 16.5. The topological polar surface area (TPSA) is 111 Å². The van der Waals surface area contributed by atoms with Crippen LogP contribution in [0.4, 0.5) is 0 Å². The van der Waals surface area contributed by atoms with Gasteiger partial charge in [-0.2, -0.15) is 0 Å². The van der Waals surface area contributed by atoms with Gasteiger partial charge in [0.25, 0.3) is 0 Å². The maximum absolute atomic E-state index is 13.7. The Kier molecular flexibility index (Phi) is 8.57. The Hall–Kier alpha value is -4.89. The smallest absolute Gasteiger partial charge is 0.228 e. The lowest BCUT2D eigenvalue weighted by molar-refractivity contribution is -0.124. The first-order chi connectivity index (χ1) is 22.6. The molecule has 2 N–H and O–H groups in total. The fraction of sp³-hybridized carbons (Fsp3) is 0.324. The number of aromatic amines is 1. The molecule has 0 radical (unpaired) electrons. The first-order valence-corrected chi connectivity index (χ1v) is 16.1. The molecule has 6 aromatic rings. The van der Waals surface area contributed by atoms with E-state index < -0.39 is 0 Å². The Labute approximate surface area is 268 Å². The first kappa shape index (κ1) is 29.8. The van der Waals surface area contributed by atoms with Crippen LogP contribution in [0.15, 0.2) is 78.9 Å². The molecule has 46 heavy (non-hydrogen) atoms. The number of hydrogen-bond donors (Lipinski definition) is 2. The molecule has 1 unspecified atom stereocenters. The van der Waals surface area contributed by atoms with Crippen molar-refractivity contribution in [2.24, 2.45) is 5.92 Å². The number of hydrogen-bond acceptors (Lipinski definition) is 6. The number of tetrazole rings is 1. The summed E-state index contributed by atoms with van der Waals surface area (Å²) in [7, 11) is 0. The third-order valence-electron chi connectivity index (χ3n) is 9.49. The third kappa shape index (κ3) is 6.02. The molecule has 0 bridgehead atoms. The van der Waals surface area contributed by atoms with Gasteiger partial charge in [-0.25, -0.2) is 10.1 Å². The highest BCUT2D eigenvalue weighted by Crippen LogP contribution is 2.35. The number of rotatable bonds is 10. The number of H-pyrrole nitrogens is 1. The summed E-state index contributed by atoms with van der Waals surface area (Å²) in [5.74, 6) is 0.888. The van der Waals surface area contributed by atoms with Gasteiger partial charge in [-0.05, 0) is 83.3 Å². The monoisotopic (exact) mass is 613 g/mol. The highest BCUT2D eigenvalue weighted by Gasteiger charge is 2.31. The Morgan fingerprint density at radius 3 is 2.48 bits per heavy atom. The standard InChI is InChI=1S/C37H39N7O2/c1-24-30(16-17-33-40-42-43-41-33)25(2)39-36-34(24)31-10-6-7-11-32(31)44(36)23-27-12-14-28(15-13-27)35(29-18-20-46-21-19-29)37(45)38-22-26-8-4-3-5-9-26/h3-15,29,35H,16-23H2,1-2H3,(H,38,45)(H,40,41,42,43). The molecule has 1 fully saturated rings. The summed E-state index contributed by atoms with van der Waals surface area (Å²) in [6, 6.07) is 27.3. The van der Waals surface area contributed by atoms with Gasteiger partial charge in [0.1, 0.15) is 11.5 Å². The lowest BCUT2D eigenvalue weighted by Crippen LogP contribution is -2.35. The summed E-state index contributed by atoms with van der Waals surface area (Å²) in [5.41, 5.74) is 8.99. The van der Waals surface area contributed by atoms with E-state index in [9.17, 15) is 4.79 Å². The quantitative estimate of drug-likeness (QED) is 0.197. The van der Waals surface area contributed by atoms with Gasteiger partial charge in [-0.15, -0.1) is 5.10 Å². The van der Waals surface area contributed by atoms with Gasteiger partial charge in [0.05, 0.1) is 11.4 Å². The van der Waals surface area contributed by atoms with E-state index in [1.165, 1.54) is 27.5 Å². The van der Waals surface area contributed by atoms with E-state index >= 15 is 0 Å². The van der Waals surface area contributed by atoms with Gasteiger partial charge in [0.15, 0.2) is 0 Å². The number of fused-ring (bicyclic) bond motifs is 3. The maximum Gasteiger partial charge on any atom is 0.228 e. The van der Waals surface area contributed by atoms with E-state index in [2.05, 4.69) is 92.9 Å². The number of carbonyl (C=O) groups is 1. The highest BCUT2D eigenvalue weighted by molar-refractivity contribution is 6.08. The minimum atomic E-state index is -0.215. The third-order valence-corrected chi connectivity index (χ3v) is 9.49. The second kappa shape index (κ2) is 13.2. The van der Waals surface area contributed by atoms with Crippen LogP contribution in [0.5, 0.6) is 0 Å². The SMILES string of the molecule is Cc1nc2c(c(C)c1CCc1nnn[nH]1)c1ccccc1n2Cc1ccc(C(C(=O)NCc2ccccc2)C2CCOCC2)cc1. The predicted octanol–water partition coefficient (Wildman–Crippen LogP) is 5.98. The summed E-state index contributed by atoms with van der Waals surface area (Å²) < 4.78 is 7.97. The van der Waals surface area contributed by atoms with Crippen LogP contribution in [-0.4, -0.2) is 49.3 Å².